The summed E-state index contributed by atoms with van der Waals surface area (Å²) in [5, 5.41) is 0. The number of hydrogen-bond donors (Lipinski definition) is 0. The van der Waals surface area contributed by atoms with Crippen LogP contribution in [0.3, 0.4) is 0 Å². The molecular formula is C19H16N2OS. The Labute approximate surface area is 138 Å². The molecule has 3 aromatic rings. The van der Waals surface area contributed by atoms with Crippen LogP contribution in [0.25, 0.3) is 10.2 Å². The van der Waals surface area contributed by atoms with Crippen LogP contribution >= 0.6 is 11.3 Å². The monoisotopic (exact) mass is 320 g/mol. The molecule has 1 amide bonds. The fraction of sp³-hybridized carbons (Fsp3) is 0.158. The summed E-state index contributed by atoms with van der Waals surface area (Å²) in [7, 11) is 0. The van der Waals surface area contributed by atoms with Crippen molar-refractivity contribution in [3.8, 4) is 12.3 Å². The van der Waals surface area contributed by atoms with Gasteiger partial charge >= 0.3 is 0 Å². The number of thiazole rings is 1. The number of carbonyl (C=O) groups excluding carboxylic acids is 1. The molecule has 0 saturated carbocycles. The van der Waals surface area contributed by atoms with Crippen molar-refractivity contribution in [2.24, 2.45) is 4.99 Å². The zero-order chi connectivity index (χ0) is 16.4. The van der Waals surface area contributed by atoms with Gasteiger partial charge < -0.3 is 4.57 Å². The van der Waals surface area contributed by atoms with Crippen molar-refractivity contribution < 1.29 is 4.79 Å². The molecular weight excluding hydrogens is 304 g/mol. The Kier molecular flexibility index (Phi) is 4.14. The Morgan fingerprint density at radius 1 is 1.26 bits per heavy atom. The van der Waals surface area contributed by atoms with E-state index in [1.165, 1.54) is 11.3 Å². The number of benzene rings is 2. The van der Waals surface area contributed by atoms with Gasteiger partial charge in [-0.05, 0) is 37.6 Å². The quantitative estimate of drug-likeness (QED) is 0.663. The van der Waals surface area contributed by atoms with Gasteiger partial charge in [0, 0.05) is 5.56 Å². The molecule has 3 nitrogen and oxygen atoms in total. The zero-order valence-electron chi connectivity index (χ0n) is 13.0. The van der Waals surface area contributed by atoms with Gasteiger partial charge in [-0.1, -0.05) is 47.1 Å². The second kappa shape index (κ2) is 6.23. The van der Waals surface area contributed by atoms with E-state index in [2.05, 4.69) is 10.9 Å². The number of nitrogens with zero attached hydrogens (tertiary/aromatic N) is 2. The van der Waals surface area contributed by atoms with Crippen LogP contribution in [0.2, 0.25) is 0 Å². The molecule has 0 bridgehead atoms. The lowest BCUT2D eigenvalue weighted by Crippen LogP contribution is -2.17. The molecule has 0 fully saturated rings. The lowest BCUT2D eigenvalue weighted by molar-refractivity contribution is 0.0998. The highest BCUT2D eigenvalue weighted by Crippen LogP contribution is 2.20. The van der Waals surface area contributed by atoms with Crippen LogP contribution in [-0.2, 0) is 6.54 Å². The third-order valence-electron chi connectivity index (χ3n) is 3.61. The summed E-state index contributed by atoms with van der Waals surface area (Å²) in [6.45, 7) is 4.39. The highest BCUT2D eigenvalue weighted by Gasteiger charge is 2.10. The molecule has 2 aromatic carbocycles. The smallest absolute Gasteiger partial charge is 0.279 e. The van der Waals surface area contributed by atoms with Crippen LogP contribution in [0.1, 0.15) is 21.5 Å². The highest BCUT2D eigenvalue weighted by atomic mass is 32.1. The van der Waals surface area contributed by atoms with E-state index in [4.69, 9.17) is 6.42 Å². The van der Waals surface area contributed by atoms with Crippen LogP contribution < -0.4 is 4.80 Å². The first-order valence-electron chi connectivity index (χ1n) is 7.28. The molecule has 3 rings (SSSR count). The van der Waals surface area contributed by atoms with Crippen LogP contribution in [-0.4, -0.2) is 10.5 Å². The van der Waals surface area contributed by atoms with Crippen LogP contribution in [0, 0.1) is 26.2 Å². The number of hydrogen-bond acceptors (Lipinski definition) is 2. The maximum Gasteiger partial charge on any atom is 0.279 e. The maximum absolute atomic E-state index is 12.5. The lowest BCUT2D eigenvalue weighted by Gasteiger charge is -2.02. The van der Waals surface area contributed by atoms with E-state index >= 15 is 0 Å². The number of terminal acetylenes is 1. The van der Waals surface area contributed by atoms with Gasteiger partial charge in [0.15, 0.2) is 4.80 Å². The molecule has 23 heavy (non-hydrogen) atoms. The van der Waals surface area contributed by atoms with Gasteiger partial charge in [0.25, 0.3) is 5.91 Å². The van der Waals surface area contributed by atoms with E-state index in [-0.39, 0.29) is 5.91 Å². The van der Waals surface area contributed by atoms with Gasteiger partial charge in [-0.2, -0.15) is 4.99 Å². The SMILES string of the molecule is C#CCn1c(=NC(=O)c2cccc(C)c2)sc2cccc(C)c21. The Morgan fingerprint density at radius 3 is 2.78 bits per heavy atom. The molecule has 1 heterocycles. The number of rotatable bonds is 2. The number of amides is 1. The topological polar surface area (TPSA) is 34.4 Å². The fourth-order valence-electron chi connectivity index (χ4n) is 2.56. The first-order chi connectivity index (χ1) is 11.1. The minimum atomic E-state index is -0.247. The van der Waals surface area contributed by atoms with Gasteiger partial charge in [-0.15, -0.1) is 6.42 Å². The summed E-state index contributed by atoms with van der Waals surface area (Å²) in [6.07, 6.45) is 5.50. The van der Waals surface area contributed by atoms with E-state index in [0.29, 0.717) is 16.9 Å². The minimum absolute atomic E-state index is 0.247. The molecule has 0 aliphatic heterocycles. The lowest BCUT2D eigenvalue weighted by atomic mass is 10.1. The minimum Gasteiger partial charge on any atom is -0.304 e. The number of para-hydroxylation sites is 1. The van der Waals surface area contributed by atoms with Gasteiger partial charge in [0.2, 0.25) is 0 Å². The molecule has 0 saturated heterocycles. The van der Waals surface area contributed by atoms with Crippen LogP contribution in [0.4, 0.5) is 0 Å². The summed E-state index contributed by atoms with van der Waals surface area (Å²) in [4.78, 5) is 17.4. The van der Waals surface area contributed by atoms with Gasteiger partial charge in [0.1, 0.15) is 0 Å². The summed E-state index contributed by atoms with van der Waals surface area (Å²) >= 11 is 1.49. The predicted octanol–water partition coefficient (Wildman–Crippen LogP) is 3.69. The predicted molar refractivity (Wildman–Crippen MR) is 94.5 cm³/mol. The first-order valence-corrected chi connectivity index (χ1v) is 8.10. The van der Waals surface area contributed by atoms with Crippen molar-refractivity contribution in [3.05, 3.63) is 64.0 Å². The summed E-state index contributed by atoms with van der Waals surface area (Å²) in [5.41, 5.74) is 3.80. The normalized spacial score (nSPS) is 11.6. The Balaban J connectivity index is 2.19. The van der Waals surface area contributed by atoms with Crippen molar-refractivity contribution >= 4 is 27.5 Å². The molecule has 0 unspecified atom stereocenters. The van der Waals surface area contributed by atoms with Crippen molar-refractivity contribution in [3.63, 3.8) is 0 Å². The average molecular weight is 320 g/mol. The molecule has 4 heteroatoms. The number of fused-ring (bicyclic) bond motifs is 1. The number of aromatic nitrogens is 1. The summed E-state index contributed by atoms with van der Waals surface area (Å²) in [6, 6.07) is 13.5. The third-order valence-corrected chi connectivity index (χ3v) is 4.66. The largest absolute Gasteiger partial charge is 0.304 e. The van der Waals surface area contributed by atoms with Crippen molar-refractivity contribution in [1.29, 1.82) is 0 Å². The fourth-order valence-corrected chi connectivity index (χ4v) is 3.67. The molecule has 0 aliphatic carbocycles. The third kappa shape index (κ3) is 2.96. The number of aryl methyl sites for hydroxylation is 2. The Bertz CT molecular complexity index is 1000. The van der Waals surface area contributed by atoms with E-state index < -0.39 is 0 Å². The zero-order valence-corrected chi connectivity index (χ0v) is 13.9. The molecule has 0 spiro atoms. The molecule has 114 valence electrons. The van der Waals surface area contributed by atoms with E-state index in [1.807, 2.05) is 54.8 Å². The van der Waals surface area contributed by atoms with Crippen molar-refractivity contribution in [2.45, 2.75) is 20.4 Å². The van der Waals surface area contributed by atoms with E-state index in [9.17, 15) is 4.79 Å². The first kappa shape index (κ1) is 15.3. The van der Waals surface area contributed by atoms with Crippen LogP contribution in [0.15, 0.2) is 47.5 Å². The second-order valence-electron chi connectivity index (χ2n) is 5.38. The Morgan fingerprint density at radius 2 is 2.04 bits per heavy atom. The standard InChI is InChI=1S/C19H16N2OS/c1-4-11-21-17-14(3)8-6-10-16(17)23-19(21)20-18(22)15-9-5-7-13(2)12-15/h1,5-10,12H,11H2,2-3H3. The van der Waals surface area contributed by atoms with Crippen LogP contribution in [0.5, 0.6) is 0 Å². The van der Waals surface area contributed by atoms with E-state index in [1.54, 1.807) is 6.07 Å². The Hall–Kier alpha value is -2.64. The van der Waals surface area contributed by atoms with Gasteiger partial charge in [0.05, 0.1) is 16.8 Å². The summed E-state index contributed by atoms with van der Waals surface area (Å²) < 4.78 is 3.01. The molecule has 0 N–H and O–H groups in total. The molecule has 0 radical (unpaired) electrons. The number of carbonyl (C=O) groups is 1. The van der Waals surface area contributed by atoms with Gasteiger partial charge in [-0.25, -0.2) is 0 Å². The summed E-state index contributed by atoms with van der Waals surface area (Å²) in [5.74, 6) is 2.40. The van der Waals surface area contributed by atoms with E-state index in [0.717, 1.165) is 21.3 Å². The highest BCUT2D eigenvalue weighted by molar-refractivity contribution is 7.16. The van der Waals surface area contributed by atoms with Crippen molar-refractivity contribution in [1.82, 2.24) is 4.57 Å². The maximum atomic E-state index is 12.5. The average Bonchev–Trinajstić information content (AvgIpc) is 2.86. The van der Waals surface area contributed by atoms with Gasteiger partial charge in [-0.3, -0.25) is 4.79 Å². The van der Waals surface area contributed by atoms with Crippen molar-refractivity contribution in [2.75, 3.05) is 0 Å². The molecule has 1 aromatic heterocycles. The second-order valence-corrected chi connectivity index (χ2v) is 6.39. The molecule has 0 atom stereocenters. The molecule has 0 aliphatic rings.